The van der Waals surface area contributed by atoms with E-state index in [0.29, 0.717) is 0 Å². The highest BCUT2D eigenvalue weighted by Crippen LogP contribution is 2.22. The number of rotatable bonds is 4. The molecule has 1 aromatic rings. The highest BCUT2D eigenvalue weighted by Gasteiger charge is 2.26. The van der Waals surface area contributed by atoms with Crippen molar-refractivity contribution in [3.05, 3.63) is 30.1 Å². The maximum Gasteiger partial charge on any atom is 0.226 e. The molecule has 1 saturated heterocycles. The van der Waals surface area contributed by atoms with Crippen molar-refractivity contribution in [2.75, 3.05) is 25.4 Å². The molecule has 0 radical (unpaired) electrons. The van der Waals surface area contributed by atoms with Gasteiger partial charge in [0, 0.05) is 42.2 Å². The van der Waals surface area contributed by atoms with E-state index in [1.807, 2.05) is 11.8 Å². The third kappa shape index (κ3) is 3.96. The molecule has 0 spiro atoms. The first-order valence-electron chi connectivity index (χ1n) is 6.97. The van der Waals surface area contributed by atoms with Gasteiger partial charge in [0.1, 0.15) is 5.82 Å². The molecule has 3 nitrogen and oxygen atoms in total. The molecule has 5 heteroatoms. The summed E-state index contributed by atoms with van der Waals surface area (Å²) in [4.78, 5) is 15.4. The summed E-state index contributed by atoms with van der Waals surface area (Å²) in [6, 6.07) is 6.67. The molecule has 0 bridgehead atoms. The van der Waals surface area contributed by atoms with Crippen molar-refractivity contribution in [1.29, 1.82) is 0 Å². The number of carbonyl (C=O) groups excluding carboxylic acids is 1. The number of thioether (sulfide) groups is 1. The van der Waals surface area contributed by atoms with E-state index >= 15 is 0 Å². The first kappa shape index (κ1) is 15.3. The summed E-state index contributed by atoms with van der Waals surface area (Å²) in [6.45, 7) is 6.56. The van der Waals surface area contributed by atoms with E-state index in [0.717, 1.165) is 30.3 Å². The van der Waals surface area contributed by atoms with Crippen LogP contribution in [0.1, 0.15) is 13.8 Å². The molecule has 20 heavy (non-hydrogen) atoms. The van der Waals surface area contributed by atoms with E-state index in [1.54, 1.807) is 23.9 Å². The van der Waals surface area contributed by atoms with Crippen LogP contribution in [0.5, 0.6) is 0 Å². The number of halogens is 1. The molecule has 1 aromatic carbocycles. The van der Waals surface area contributed by atoms with Gasteiger partial charge in [0.05, 0.1) is 0 Å². The van der Waals surface area contributed by atoms with E-state index in [1.165, 1.54) is 12.1 Å². The number of piperazine rings is 1. The van der Waals surface area contributed by atoms with Gasteiger partial charge in [-0.1, -0.05) is 6.92 Å². The van der Waals surface area contributed by atoms with E-state index in [4.69, 9.17) is 0 Å². The Kier molecular flexibility index (Phi) is 5.43. The fraction of sp³-hybridized carbons (Fsp3) is 0.533. The number of hydrogen-bond acceptors (Lipinski definition) is 3. The normalized spacial score (nSPS) is 20.8. The Morgan fingerprint density at radius 1 is 1.50 bits per heavy atom. The first-order chi connectivity index (χ1) is 9.58. The van der Waals surface area contributed by atoms with Crippen molar-refractivity contribution < 1.29 is 9.18 Å². The molecule has 1 aliphatic rings. The van der Waals surface area contributed by atoms with Crippen LogP contribution in [-0.4, -0.2) is 42.2 Å². The molecular formula is C15H21FN2OS. The monoisotopic (exact) mass is 296 g/mol. The Hall–Kier alpha value is -1.07. The maximum atomic E-state index is 12.8. The van der Waals surface area contributed by atoms with Crippen LogP contribution in [0.2, 0.25) is 0 Å². The van der Waals surface area contributed by atoms with Gasteiger partial charge in [-0.25, -0.2) is 4.39 Å². The molecule has 2 rings (SSSR count). The lowest BCUT2D eigenvalue weighted by molar-refractivity contribution is -0.137. The highest BCUT2D eigenvalue weighted by atomic mass is 32.2. The molecule has 0 aliphatic carbocycles. The largest absolute Gasteiger partial charge is 0.337 e. The summed E-state index contributed by atoms with van der Waals surface area (Å²) in [7, 11) is 0. The van der Waals surface area contributed by atoms with Crippen molar-refractivity contribution in [2.45, 2.75) is 24.8 Å². The first-order valence-corrected chi connectivity index (χ1v) is 7.96. The van der Waals surface area contributed by atoms with Crippen LogP contribution < -0.4 is 5.32 Å². The zero-order valence-electron chi connectivity index (χ0n) is 11.9. The minimum atomic E-state index is -0.229. The molecular weight excluding hydrogens is 275 g/mol. The van der Waals surface area contributed by atoms with E-state index in [2.05, 4.69) is 12.2 Å². The second-order valence-electron chi connectivity index (χ2n) is 5.25. The molecule has 2 atom stereocenters. The standard InChI is InChI=1S/C15H21FN2OS/c1-11(10-20-14-5-3-13(16)4-6-14)15(19)18-8-7-17-9-12(18)2/h3-6,11-12,17H,7-10H2,1-2H3/t11?,12-/m1/s1. The lowest BCUT2D eigenvalue weighted by Crippen LogP contribution is -2.53. The van der Waals surface area contributed by atoms with Gasteiger partial charge in [0.15, 0.2) is 0 Å². The van der Waals surface area contributed by atoms with E-state index < -0.39 is 0 Å². The van der Waals surface area contributed by atoms with Crippen LogP contribution in [-0.2, 0) is 4.79 Å². The lowest BCUT2D eigenvalue weighted by atomic mass is 10.1. The summed E-state index contributed by atoms with van der Waals surface area (Å²) in [5, 5.41) is 3.29. The molecule has 1 N–H and O–H groups in total. The number of nitrogens with zero attached hydrogens (tertiary/aromatic N) is 1. The minimum absolute atomic E-state index is 0.0226. The van der Waals surface area contributed by atoms with Crippen molar-refractivity contribution in [3.8, 4) is 0 Å². The predicted octanol–water partition coefficient (Wildman–Crippen LogP) is 2.37. The molecule has 0 aromatic heterocycles. The Labute approximate surface area is 123 Å². The smallest absolute Gasteiger partial charge is 0.226 e. The quantitative estimate of drug-likeness (QED) is 0.866. The Morgan fingerprint density at radius 3 is 2.85 bits per heavy atom. The fourth-order valence-corrected chi connectivity index (χ4v) is 3.19. The van der Waals surface area contributed by atoms with Crippen LogP contribution >= 0.6 is 11.8 Å². The van der Waals surface area contributed by atoms with Gasteiger partial charge < -0.3 is 10.2 Å². The van der Waals surface area contributed by atoms with Crippen LogP contribution in [0.25, 0.3) is 0 Å². The van der Waals surface area contributed by atoms with E-state index in [-0.39, 0.29) is 23.7 Å². The third-order valence-corrected chi connectivity index (χ3v) is 4.79. The summed E-state index contributed by atoms with van der Waals surface area (Å²) in [6.07, 6.45) is 0. The average molecular weight is 296 g/mol. The van der Waals surface area contributed by atoms with Crippen LogP contribution in [0.3, 0.4) is 0 Å². The summed E-state index contributed by atoms with van der Waals surface area (Å²) in [5.41, 5.74) is 0. The number of amides is 1. The summed E-state index contributed by atoms with van der Waals surface area (Å²) in [5.74, 6) is 0.688. The van der Waals surface area contributed by atoms with Gasteiger partial charge in [0.2, 0.25) is 5.91 Å². The number of nitrogens with one attached hydrogen (secondary N) is 1. The number of benzene rings is 1. The van der Waals surface area contributed by atoms with Crippen molar-refractivity contribution >= 4 is 17.7 Å². The van der Waals surface area contributed by atoms with Gasteiger partial charge >= 0.3 is 0 Å². The predicted molar refractivity (Wildman–Crippen MR) is 80.3 cm³/mol. The second kappa shape index (κ2) is 7.09. The van der Waals surface area contributed by atoms with Crippen molar-refractivity contribution in [2.24, 2.45) is 5.92 Å². The van der Waals surface area contributed by atoms with E-state index in [9.17, 15) is 9.18 Å². The molecule has 1 amide bonds. The third-order valence-electron chi connectivity index (χ3n) is 3.52. The summed E-state index contributed by atoms with van der Waals surface area (Å²) < 4.78 is 12.8. The van der Waals surface area contributed by atoms with Gasteiger partial charge in [-0.15, -0.1) is 11.8 Å². The molecule has 1 heterocycles. The Bertz CT molecular complexity index is 452. The minimum Gasteiger partial charge on any atom is -0.337 e. The van der Waals surface area contributed by atoms with Crippen LogP contribution in [0.15, 0.2) is 29.2 Å². The van der Waals surface area contributed by atoms with Gasteiger partial charge in [0.25, 0.3) is 0 Å². The zero-order valence-corrected chi connectivity index (χ0v) is 12.8. The van der Waals surface area contributed by atoms with Crippen molar-refractivity contribution in [3.63, 3.8) is 0 Å². The molecule has 1 aliphatic heterocycles. The molecule has 110 valence electrons. The molecule has 1 unspecified atom stereocenters. The SMILES string of the molecule is CC(CSc1ccc(F)cc1)C(=O)N1CCNC[C@H]1C. The van der Waals surface area contributed by atoms with Crippen LogP contribution in [0.4, 0.5) is 4.39 Å². The average Bonchev–Trinajstić information content (AvgIpc) is 2.46. The van der Waals surface area contributed by atoms with Crippen LogP contribution in [0, 0.1) is 11.7 Å². The second-order valence-corrected chi connectivity index (χ2v) is 6.34. The van der Waals surface area contributed by atoms with Gasteiger partial charge in [-0.05, 0) is 31.2 Å². The zero-order chi connectivity index (χ0) is 14.5. The highest BCUT2D eigenvalue weighted by molar-refractivity contribution is 7.99. The fourth-order valence-electron chi connectivity index (χ4n) is 2.27. The Morgan fingerprint density at radius 2 is 2.20 bits per heavy atom. The van der Waals surface area contributed by atoms with Crippen molar-refractivity contribution in [1.82, 2.24) is 10.2 Å². The number of carbonyl (C=O) groups is 1. The maximum absolute atomic E-state index is 12.8. The number of hydrogen-bond donors (Lipinski definition) is 1. The molecule has 1 fully saturated rings. The summed E-state index contributed by atoms with van der Waals surface area (Å²) >= 11 is 1.60. The molecule has 0 saturated carbocycles. The Balaban J connectivity index is 1.86. The lowest BCUT2D eigenvalue weighted by Gasteiger charge is -2.35. The topological polar surface area (TPSA) is 32.3 Å². The van der Waals surface area contributed by atoms with Gasteiger partial charge in [-0.3, -0.25) is 4.79 Å². The van der Waals surface area contributed by atoms with Gasteiger partial charge in [-0.2, -0.15) is 0 Å².